The van der Waals surface area contributed by atoms with E-state index < -0.39 is 16.1 Å². The van der Waals surface area contributed by atoms with Crippen LogP contribution in [0.4, 0.5) is 0 Å². The standard InChI is InChI=1S/C12H19NO4S/c1-8-5-11(17-4)12(6-9(8)2)18(15,16)13-10(3)7-14/h5-6,10,13-14H,7H2,1-4H3. The fourth-order valence-electron chi connectivity index (χ4n) is 1.50. The van der Waals surface area contributed by atoms with Crippen molar-refractivity contribution in [2.45, 2.75) is 31.7 Å². The second-order valence-electron chi connectivity index (χ2n) is 4.29. The van der Waals surface area contributed by atoms with Gasteiger partial charge in [-0.1, -0.05) is 0 Å². The smallest absolute Gasteiger partial charge is 0.244 e. The van der Waals surface area contributed by atoms with Gasteiger partial charge in [-0.3, -0.25) is 0 Å². The van der Waals surface area contributed by atoms with Crippen molar-refractivity contribution in [3.05, 3.63) is 23.3 Å². The van der Waals surface area contributed by atoms with Gasteiger partial charge in [0.25, 0.3) is 0 Å². The molecule has 0 radical (unpaired) electrons. The van der Waals surface area contributed by atoms with Gasteiger partial charge in [-0.05, 0) is 44.0 Å². The molecule has 1 unspecified atom stereocenters. The molecule has 18 heavy (non-hydrogen) atoms. The molecule has 1 aromatic carbocycles. The lowest BCUT2D eigenvalue weighted by Crippen LogP contribution is -2.35. The topological polar surface area (TPSA) is 75.6 Å². The third kappa shape index (κ3) is 3.22. The Hall–Kier alpha value is -1.11. The van der Waals surface area contributed by atoms with Gasteiger partial charge in [0, 0.05) is 6.04 Å². The maximum absolute atomic E-state index is 12.1. The molecule has 2 N–H and O–H groups in total. The first-order valence-corrected chi connectivity index (χ1v) is 7.08. The predicted molar refractivity (Wildman–Crippen MR) is 69.3 cm³/mol. The number of aryl methyl sites for hydroxylation is 2. The molecule has 6 heteroatoms. The van der Waals surface area contributed by atoms with E-state index in [0.29, 0.717) is 5.75 Å². The van der Waals surface area contributed by atoms with E-state index in [9.17, 15) is 8.42 Å². The highest BCUT2D eigenvalue weighted by molar-refractivity contribution is 7.89. The first-order chi connectivity index (χ1) is 8.31. The van der Waals surface area contributed by atoms with Crippen molar-refractivity contribution in [1.29, 1.82) is 0 Å². The Morgan fingerprint density at radius 2 is 1.89 bits per heavy atom. The molecule has 5 nitrogen and oxygen atoms in total. The molecular weight excluding hydrogens is 254 g/mol. The van der Waals surface area contributed by atoms with Crippen LogP contribution < -0.4 is 9.46 Å². The number of hydrogen-bond donors (Lipinski definition) is 2. The van der Waals surface area contributed by atoms with E-state index in [1.54, 1.807) is 19.1 Å². The number of methoxy groups -OCH3 is 1. The Labute approximate surface area is 108 Å². The van der Waals surface area contributed by atoms with Crippen LogP contribution in [0, 0.1) is 13.8 Å². The molecule has 0 aliphatic carbocycles. The molecule has 102 valence electrons. The van der Waals surface area contributed by atoms with Gasteiger partial charge < -0.3 is 9.84 Å². The highest BCUT2D eigenvalue weighted by Crippen LogP contribution is 2.27. The normalized spacial score (nSPS) is 13.4. The van der Waals surface area contributed by atoms with E-state index in [2.05, 4.69) is 4.72 Å². The van der Waals surface area contributed by atoms with Gasteiger partial charge in [0.1, 0.15) is 10.6 Å². The second kappa shape index (κ2) is 5.69. The number of benzene rings is 1. The predicted octanol–water partition coefficient (Wildman–Crippen LogP) is 0.971. The largest absolute Gasteiger partial charge is 0.495 e. The summed E-state index contributed by atoms with van der Waals surface area (Å²) in [4.78, 5) is 0.0911. The second-order valence-corrected chi connectivity index (χ2v) is 5.97. The molecule has 0 aliphatic heterocycles. The third-order valence-corrected chi connectivity index (χ3v) is 4.31. The summed E-state index contributed by atoms with van der Waals surface area (Å²) >= 11 is 0. The van der Waals surface area contributed by atoms with Crippen LogP contribution in [-0.4, -0.2) is 33.3 Å². The monoisotopic (exact) mass is 273 g/mol. The van der Waals surface area contributed by atoms with Crippen LogP contribution in [0.25, 0.3) is 0 Å². The average Bonchev–Trinajstić information content (AvgIpc) is 2.31. The van der Waals surface area contributed by atoms with Crippen molar-refractivity contribution < 1.29 is 18.3 Å². The minimum absolute atomic E-state index is 0.0911. The maximum Gasteiger partial charge on any atom is 0.244 e. The fraction of sp³-hybridized carbons (Fsp3) is 0.500. The summed E-state index contributed by atoms with van der Waals surface area (Å²) in [5, 5.41) is 8.91. The molecule has 1 rings (SSSR count). The van der Waals surface area contributed by atoms with Crippen molar-refractivity contribution in [2.24, 2.45) is 0 Å². The molecule has 0 aliphatic rings. The number of rotatable bonds is 5. The molecule has 0 amide bonds. The molecule has 0 heterocycles. The summed E-state index contributed by atoms with van der Waals surface area (Å²) in [5.74, 6) is 0.302. The Kier molecular flexibility index (Phi) is 4.72. The lowest BCUT2D eigenvalue weighted by atomic mass is 10.1. The van der Waals surface area contributed by atoms with Crippen LogP contribution in [0.2, 0.25) is 0 Å². The summed E-state index contributed by atoms with van der Waals surface area (Å²) in [7, 11) is -2.26. The van der Waals surface area contributed by atoms with E-state index in [0.717, 1.165) is 11.1 Å². The van der Waals surface area contributed by atoms with Crippen LogP contribution in [0.15, 0.2) is 17.0 Å². The number of aliphatic hydroxyl groups excluding tert-OH is 1. The van der Waals surface area contributed by atoms with E-state index in [1.165, 1.54) is 7.11 Å². The minimum atomic E-state index is -3.69. The number of aliphatic hydroxyl groups is 1. The first-order valence-electron chi connectivity index (χ1n) is 5.60. The van der Waals surface area contributed by atoms with Gasteiger partial charge in [-0.25, -0.2) is 13.1 Å². The molecule has 0 spiro atoms. The van der Waals surface area contributed by atoms with Crippen molar-refractivity contribution in [3.8, 4) is 5.75 Å². The van der Waals surface area contributed by atoms with Gasteiger partial charge in [-0.2, -0.15) is 0 Å². The van der Waals surface area contributed by atoms with Gasteiger partial charge in [0.2, 0.25) is 10.0 Å². The molecule has 0 aromatic heterocycles. The molecule has 0 bridgehead atoms. The summed E-state index contributed by atoms with van der Waals surface area (Å²) in [6.07, 6.45) is 0. The van der Waals surface area contributed by atoms with Crippen molar-refractivity contribution in [1.82, 2.24) is 4.72 Å². The molecule has 1 atom stereocenters. The lowest BCUT2D eigenvalue weighted by Gasteiger charge is -2.15. The van der Waals surface area contributed by atoms with Gasteiger partial charge >= 0.3 is 0 Å². The summed E-state index contributed by atoms with van der Waals surface area (Å²) < 4.78 is 31.8. The summed E-state index contributed by atoms with van der Waals surface area (Å²) in [6.45, 7) is 5.05. The van der Waals surface area contributed by atoms with E-state index in [4.69, 9.17) is 9.84 Å². The molecule has 0 saturated carbocycles. The lowest BCUT2D eigenvalue weighted by molar-refractivity contribution is 0.265. The minimum Gasteiger partial charge on any atom is -0.495 e. The molecular formula is C12H19NO4S. The highest BCUT2D eigenvalue weighted by Gasteiger charge is 2.22. The Morgan fingerprint density at radius 1 is 1.33 bits per heavy atom. The Balaban J connectivity index is 3.27. The van der Waals surface area contributed by atoms with E-state index in [-0.39, 0.29) is 11.5 Å². The van der Waals surface area contributed by atoms with E-state index in [1.807, 2.05) is 13.8 Å². The number of sulfonamides is 1. The number of ether oxygens (including phenoxy) is 1. The van der Waals surface area contributed by atoms with Crippen molar-refractivity contribution in [2.75, 3.05) is 13.7 Å². The van der Waals surface area contributed by atoms with Crippen molar-refractivity contribution >= 4 is 10.0 Å². The van der Waals surface area contributed by atoms with Crippen LogP contribution in [0.5, 0.6) is 5.75 Å². The Bertz CT molecular complexity index is 525. The van der Waals surface area contributed by atoms with Crippen molar-refractivity contribution in [3.63, 3.8) is 0 Å². The zero-order chi connectivity index (χ0) is 13.9. The maximum atomic E-state index is 12.1. The zero-order valence-electron chi connectivity index (χ0n) is 11.0. The molecule has 0 fully saturated rings. The Morgan fingerprint density at radius 3 is 2.39 bits per heavy atom. The van der Waals surface area contributed by atoms with Gasteiger partial charge in [-0.15, -0.1) is 0 Å². The van der Waals surface area contributed by atoms with Crippen LogP contribution in [0.3, 0.4) is 0 Å². The summed E-state index contributed by atoms with van der Waals surface area (Å²) in [6, 6.07) is 2.72. The third-order valence-electron chi connectivity index (χ3n) is 2.70. The van der Waals surface area contributed by atoms with Gasteiger partial charge in [0.05, 0.1) is 13.7 Å². The molecule has 0 saturated heterocycles. The summed E-state index contributed by atoms with van der Waals surface area (Å²) in [5.41, 5.74) is 1.83. The first kappa shape index (κ1) is 14.9. The SMILES string of the molecule is COc1cc(C)c(C)cc1S(=O)(=O)NC(C)CO. The zero-order valence-corrected chi connectivity index (χ0v) is 11.8. The quantitative estimate of drug-likeness (QED) is 0.838. The molecule has 1 aromatic rings. The fourth-order valence-corrected chi connectivity index (χ4v) is 2.97. The van der Waals surface area contributed by atoms with Gasteiger partial charge in [0.15, 0.2) is 0 Å². The number of hydrogen-bond acceptors (Lipinski definition) is 4. The highest BCUT2D eigenvalue weighted by atomic mass is 32.2. The average molecular weight is 273 g/mol. The van der Waals surface area contributed by atoms with Crippen LogP contribution in [0.1, 0.15) is 18.1 Å². The number of nitrogens with one attached hydrogen (secondary N) is 1. The van der Waals surface area contributed by atoms with Crippen LogP contribution in [-0.2, 0) is 10.0 Å². The van der Waals surface area contributed by atoms with Crippen LogP contribution >= 0.6 is 0 Å². The van der Waals surface area contributed by atoms with E-state index >= 15 is 0 Å².